The Kier molecular flexibility index (Phi) is 4.68. The molecule has 0 amide bonds. The van der Waals surface area contributed by atoms with Gasteiger partial charge in [0.1, 0.15) is 0 Å². The fourth-order valence-corrected chi connectivity index (χ4v) is 1.65. The van der Waals surface area contributed by atoms with Crippen LogP contribution >= 0.6 is 0 Å². The maximum Gasteiger partial charge on any atom is 0.310 e. The van der Waals surface area contributed by atoms with E-state index in [4.69, 9.17) is 15.7 Å². The number of rotatable bonds is 4. The molecule has 90 valence electrons. The summed E-state index contributed by atoms with van der Waals surface area (Å²) < 4.78 is 4.87. The summed E-state index contributed by atoms with van der Waals surface area (Å²) >= 11 is 0. The number of hydrogen-bond donors (Lipinski definition) is 1. The molecule has 4 nitrogen and oxygen atoms in total. The lowest BCUT2D eigenvalue weighted by Crippen LogP contribution is -2.09. The van der Waals surface area contributed by atoms with Gasteiger partial charge in [0, 0.05) is 6.54 Å². The molecule has 0 saturated heterocycles. The van der Waals surface area contributed by atoms with Gasteiger partial charge in [-0.1, -0.05) is 6.07 Å². The lowest BCUT2D eigenvalue weighted by molar-refractivity contribution is -0.142. The van der Waals surface area contributed by atoms with Gasteiger partial charge in [-0.25, -0.2) is 0 Å². The number of esters is 1. The standard InChI is InChI=1S/C13H16N2O2/c1-3-17-13(16)6-10-4-11(7-14)9(2)12(5-10)8-15/h4-5H,3,6-7,14H2,1-2H3. The monoisotopic (exact) mass is 232 g/mol. The van der Waals surface area contributed by atoms with Crippen molar-refractivity contribution in [2.24, 2.45) is 5.73 Å². The van der Waals surface area contributed by atoms with E-state index in [0.29, 0.717) is 18.7 Å². The van der Waals surface area contributed by atoms with Gasteiger partial charge < -0.3 is 10.5 Å². The summed E-state index contributed by atoms with van der Waals surface area (Å²) in [4.78, 5) is 11.4. The van der Waals surface area contributed by atoms with E-state index in [9.17, 15) is 4.79 Å². The zero-order valence-electron chi connectivity index (χ0n) is 10.1. The summed E-state index contributed by atoms with van der Waals surface area (Å²) in [6.45, 7) is 4.34. The van der Waals surface area contributed by atoms with Crippen molar-refractivity contribution in [2.75, 3.05) is 6.61 Å². The Balaban J connectivity index is 3.02. The van der Waals surface area contributed by atoms with Crippen LogP contribution in [0.2, 0.25) is 0 Å². The zero-order chi connectivity index (χ0) is 12.8. The Labute approximate surface area is 101 Å². The third-order valence-corrected chi connectivity index (χ3v) is 2.57. The van der Waals surface area contributed by atoms with Crippen LogP contribution in [-0.2, 0) is 22.5 Å². The van der Waals surface area contributed by atoms with Gasteiger partial charge in [0.2, 0.25) is 0 Å². The van der Waals surface area contributed by atoms with Crippen molar-refractivity contribution >= 4 is 5.97 Å². The van der Waals surface area contributed by atoms with E-state index in [1.165, 1.54) is 0 Å². The first-order valence-electron chi connectivity index (χ1n) is 5.50. The molecule has 0 bridgehead atoms. The van der Waals surface area contributed by atoms with Crippen LogP contribution in [-0.4, -0.2) is 12.6 Å². The first kappa shape index (κ1) is 13.2. The highest BCUT2D eigenvalue weighted by Crippen LogP contribution is 2.17. The maximum absolute atomic E-state index is 11.4. The predicted molar refractivity (Wildman–Crippen MR) is 64.1 cm³/mol. The van der Waals surface area contributed by atoms with Crippen LogP contribution in [0.4, 0.5) is 0 Å². The van der Waals surface area contributed by atoms with Gasteiger partial charge in [-0.2, -0.15) is 5.26 Å². The minimum absolute atomic E-state index is 0.176. The summed E-state index contributed by atoms with van der Waals surface area (Å²) in [7, 11) is 0. The van der Waals surface area contributed by atoms with Gasteiger partial charge in [-0.05, 0) is 36.6 Å². The molecule has 4 heteroatoms. The second-order valence-electron chi connectivity index (χ2n) is 3.73. The lowest BCUT2D eigenvalue weighted by Gasteiger charge is -2.09. The molecule has 0 atom stereocenters. The maximum atomic E-state index is 11.4. The van der Waals surface area contributed by atoms with Gasteiger partial charge >= 0.3 is 5.97 Å². The van der Waals surface area contributed by atoms with E-state index in [1.807, 2.05) is 13.0 Å². The van der Waals surface area contributed by atoms with Gasteiger partial charge in [0.25, 0.3) is 0 Å². The molecule has 2 N–H and O–H groups in total. The molecular weight excluding hydrogens is 216 g/mol. The number of hydrogen-bond acceptors (Lipinski definition) is 4. The Morgan fingerprint density at radius 1 is 1.53 bits per heavy atom. The summed E-state index contributed by atoms with van der Waals surface area (Å²) in [5.74, 6) is -0.289. The molecule has 17 heavy (non-hydrogen) atoms. The Hall–Kier alpha value is -1.86. The predicted octanol–water partition coefficient (Wildman–Crippen LogP) is 1.43. The summed E-state index contributed by atoms with van der Waals surface area (Å²) in [6, 6.07) is 5.68. The number of nitrogens with two attached hydrogens (primary N) is 1. The van der Waals surface area contributed by atoms with Gasteiger partial charge in [-0.15, -0.1) is 0 Å². The van der Waals surface area contributed by atoms with Crippen molar-refractivity contribution in [3.8, 4) is 6.07 Å². The second kappa shape index (κ2) is 6.02. The highest BCUT2D eigenvalue weighted by Gasteiger charge is 2.09. The van der Waals surface area contributed by atoms with Crippen molar-refractivity contribution in [2.45, 2.75) is 26.8 Å². The van der Waals surface area contributed by atoms with E-state index < -0.39 is 0 Å². The van der Waals surface area contributed by atoms with Crippen molar-refractivity contribution < 1.29 is 9.53 Å². The number of carbonyl (C=O) groups excluding carboxylic acids is 1. The molecule has 1 rings (SSSR count). The van der Waals surface area contributed by atoms with Crippen molar-refractivity contribution in [3.63, 3.8) is 0 Å². The molecule has 0 aliphatic heterocycles. The number of nitriles is 1. The summed E-state index contributed by atoms with van der Waals surface area (Å²) in [5, 5.41) is 8.99. The average Bonchev–Trinajstić information content (AvgIpc) is 2.31. The minimum Gasteiger partial charge on any atom is -0.466 e. The zero-order valence-corrected chi connectivity index (χ0v) is 10.1. The number of carbonyl (C=O) groups is 1. The van der Waals surface area contributed by atoms with E-state index in [2.05, 4.69) is 6.07 Å². The molecule has 0 heterocycles. The van der Waals surface area contributed by atoms with Crippen LogP contribution in [0.1, 0.15) is 29.2 Å². The molecule has 0 aliphatic rings. The van der Waals surface area contributed by atoms with Crippen LogP contribution in [0.5, 0.6) is 0 Å². The average molecular weight is 232 g/mol. The molecule has 1 aromatic carbocycles. The number of ether oxygens (including phenoxy) is 1. The number of benzene rings is 1. The smallest absolute Gasteiger partial charge is 0.310 e. The summed E-state index contributed by atoms with van der Waals surface area (Å²) in [5.41, 5.74) is 8.71. The first-order valence-corrected chi connectivity index (χ1v) is 5.50. The molecule has 0 unspecified atom stereocenters. The van der Waals surface area contributed by atoms with Crippen molar-refractivity contribution in [3.05, 3.63) is 34.4 Å². The van der Waals surface area contributed by atoms with Crippen LogP contribution in [0.25, 0.3) is 0 Å². The fraction of sp³-hybridized carbons (Fsp3) is 0.385. The molecule has 0 radical (unpaired) electrons. The molecular formula is C13H16N2O2. The van der Waals surface area contributed by atoms with Crippen molar-refractivity contribution in [1.29, 1.82) is 5.26 Å². The fourth-order valence-electron chi connectivity index (χ4n) is 1.65. The van der Waals surface area contributed by atoms with Crippen LogP contribution in [0.15, 0.2) is 12.1 Å². The molecule has 1 aromatic rings. The van der Waals surface area contributed by atoms with E-state index in [1.54, 1.807) is 13.0 Å². The molecule has 0 spiro atoms. The highest BCUT2D eigenvalue weighted by molar-refractivity contribution is 5.73. The largest absolute Gasteiger partial charge is 0.466 e. The molecule has 0 aliphatic carbocycles. The van der Waals surface area contributed by atoms with Gasteiger partial charge in [-0.3, -0.25) is 4.79 Å². The van der Waals surface area contributed by atoms with E-state index >= 15 is 0 Å². The Morgan fingerprint density at radius 3 is 2.76 bits per heavy atom. The quantitative estimate of drug-likeness (QED) is 0.797. The lowest BCUT2D eigenvalue weighted by atomic mass is 9.98. The molecule has 0 fully saturated rings. The Bertz CT molecular complexity index is 461. The SMILES string of the molecule is CCOC(=O)Cc1cc(C#N)c(C)c(CN)c1. The van der Waals surface area contributed by atoms with Crippen molar-refractivity contribution in [1.82, 2.24) is 0 Å². The second-order valence-corrected chi connectivity index (χ2v) is 3.73. The Morgan fingerprint density at radius 2 is 2.24 bits per heavy atom. The van der Waals surface area contributed by atoms with Gasteiger partial charge in [0.05, 0.1) is 24.7 Å². The first-order chi connectivity index (χ1) is 8.12. The third-order valence-electron chi connectivity index (χ3n) is 2.57. The molecule has 0 aromatic heterocycles. The van der Waals surface area contributed by atoms with Crippen LogP contribution < -0.4 is 5.73 Å². The van der Waals surface area contributed by atoms with E-state index in [0.717, 1.165) is 16.7 Å². The highest BCUT2D eigenvalue weighted by atomic mass is 16.5. The van der Waals surface area contributed by atoms with Crippen LogP contribution in [0.3, 0.4) is 0 Å². The van der Waals surface area contributed by atoms with Gasteiger partial charge in [0.15, 0.2) is 0 Å². The van der Waals surface area contributed by atoms with Crippen LogP contribution in [0, 0.1) is 18.3 Å². The van der Waals surface area contributed by atoms with E-state index in [-0.39, 0.29) is 12.4 Å². The minimum atomic E-state index is -0.289. The third kappa shape index (κ3) is 3.30. The molecule has 0 saturated carbocycles. The normalized spacial score (nSPS) is 9.76. The summed E-state index contributed by atoms with van der Waals surface area (Å²) in [6.07, 6.45) is 0.176. The topological polar surface area (TPSA) is 76.1 Å². The number of nitrogens with zero attached hydrogens (tertiary/aromatic N) is 1.